The van der Waals surface area contributed by atoms with Gasteiger partial charge in [0.05, 0.1) is 0 Å². The lowest BCUT2D eigenvalue weighted by atomic mass is 10.2. The van der Waals surface area contributed by atoms with Gasteiger partial charge in [0, 0.05) is 50.5 Å². The second-order valence-corrected chi connectivity index (χ2v) is 5.00. The summed E-state index contributed by atoms with van der Waals surface area (Å²) in [7, 11) is 0. The number of nitrogens with zero attached hydrogens (tertiary/aromatic N) is 2. The number of hydrogen-bond acceptors (Lipinski definition) is 3. The minimum Gasteiger partial charge on any atom is -0.314 e. The predicted molar refractivity (Wildman–Crippen MR) is 67.1 cm³/mol. The fourth-order valence-electron chi connectivity index (χ4n) is 2.43. The molecule has 4 heteroatoms. The summed E-state index contributed by atoms with van der Waals surface area (Å²) in [6.07, 6.45) is 4.26. The number of aromatic nitrogens is 1. The second kappa shape index (κ2) is 4.63. The highest BCUT2D eigenvalue weighted by Crippen LogP contribution is 2.33. The third kappa shape index (κ3) is 2.42. The Morgan fingerprint density at radius 1 is 1.29 bits per heavy atom. The molecule has 0 unspecified atom stereocenters. The monoisotopic (exact) mass is 233 g/mol. The van der Waals surface area contributed by atoms with Gasteiger partial charge in [0.2, 0.25) is 0 Å². The molecule has 0 radical (unpaired) electrons. The summed E-state index contributed by atoms with van der Waals surface area (Å²) in [6, 6.07) is 4.46. The summed E-state index contributed by atoms with van der Waals surface area (Å²) in [4.78, 5) is 14.6. The average Bonchev–Trinajstić information content (AvgIpc) is 3.17. The van der Waals surface area contributed by atoms with Gasteiger partial charge in [0.25, 0.3) is 5.56 Å². The Labute approximate surface area is 101 Å². The third-order valence-electron chi connectivity index (χ3n) is 3.60. The molecule has 1 aliphatic carbocycles. The van der Waals surface area contributed by atoms with Gasteiger partial charge in [-0.15, -0.1) is 0 Å². The standard InChI is InChI=1S/C13H19N3O/c17-13-11(10-15-8-5-14-6-9-15)2-1-7-16(13)12-3-4-12/h1-2,7,12,14H,3-6,8-10H2. The minimum atomic E-state index is 0.216. The zero-order valence-corrected chi connectivity index (χ0v) is 10.1. The lowest BCUT2D eigenvalue weighted by Gasteiger charge is -2.27. The molecular weight excluding hydrogens is 214 g/mol. The van der Waals surface area contributed by atoms with Crippen LogP contribution in [0.4, 0.5) is 0 Å². The molecule has 1 aromatic rings. The van der Waals surface area contributed by atoms with Crippen LogP contribution in [0.15, 0.2) is 23.1 Å². The van der Waals surface area contributed by atoms with Crippen LogP contribution in [-0.2, 0) is 6.54 Å². The van der Waals surface area contributed by atoms with E-state index in [4.69, 9.17) is 0 Å². The summed E-state index contributed by atoms with van der Waals surface area (Å²) in [6.45, 7) is 4.94. The highest BCUT2D eigenvalue weighted by molar-refractivity contribution is 5.12. The Hall–Kier alpha value is -1.13. The molecule has 92 valence electrons. The molecule has 1 N–H and O–H groups in total. The molecular formula is C13H19N3O. The first-order chi connectivity index (χ1) is 8.34. The van der Waals surface area contributed by atoms with E-state index in [-0.39, 0.29) is 5.56 Å². The van der Waals surface area contributed by atoms with Gasteiger partial charge in [-0.3, -0.25) is 9.69 Å². The Kier molecular flexibility index (Phi) is 2.99. The molecule has 17 heavy (non-hydrogen) atoms. The SMILES string of the molecule is O=c1c(CN2CCNCC2)cccn1C1CC1. The second-order valence-electron chi connectivity index (χ2n) is 5.00. The maximum absolute atomic E-state index is 12.2. The van der Waals surface area contributed by atoms with Crippen molar-refractivity contribution in [3.05, 3.63) is 34.2 Å². The molecule has 2 aliphatic rings. The van der Waals surface area contributed by atoms with Gasteiger partial charge in [-0.25, -0.2) is 0 Å². The number of pyridine rings is 1. The maximum atomic E-state index is 12.2. The number of piperazine rings is 1. The first-order valence-electron chi connectivity index (χ1n) is 6.48. The van der Waals surface area contributed by atoms with E-state index in [2.05, 4.69) is 10.2 Å². The van der Waals surface area contributed by atoms with E-state index in [9.17, 15) is 4.79 Å². The summed E-state index contributed by atoms with van der Waals surface area (Å²) < 4.78 is 1.91. The van der Waals surface area contributed by atoms with Gasteiger partial charge in [-0.05, 0) is 18.9 Å². The molecule has 1 saturated heterocycles. The van der Waals surface area contributed by atoms with E-state index in [1.54, 1.807) is 0 Å². The van der Waals surface area contributed by atoms with Gasteiger partial charge in [0.15, 0.2) is 0 Å². The molecule has 0 amide bonds. The molecule has 1 aliphatic heterocycles. The van der Waals surface area contributed by atoms with Crippen molar-refractivity contribution >= 4 is 0 Å². The zero-order chi connectivity index (χ0) is 11.7. The van der Waals surface area contributed by atoms with E-state index in [0.29, 0.717) is 6.04 Å². The minimum absolute atomic E-state index is 0.216. The van der Waals surface area contributed by atoms with E-state index in [1.165, 1.54) is 0 Å². The lowest BCUT2D eigenvalue weighted by Crippen LogP contribution is -2.43. The predicted octanol–water partition coefficient (Wildman–Crippen LogP) is 0.588. The molecule has 0 bridgehead atoms. The van der Waals surface area contributed by atoms with Gasteiger partial charge in [-0.1, -0.05) is 6.07 Å². The smallest absolute Gasteiger partial charge is 0.255 e. The van der Waals surface area contributed by atoms with Crippen LogP contribution >= 0.6 is 0 Å². The Morgan fingerprint density at radius 2 is 2.06 bits per heavy atom. The Balaban J connectivity index is 1.77. The molecule has 2 fully saturated rings. The molecule has 3 rings (SSSR count). The van der Waals surface area contributed by atoms with Crippen molar-refractivity contribution in [2.75, 3.05) is 26.2 Å². The van der Waals surface area contributed by atoms with Crippen molar-refractivity contribution in [3.8, 4) is 0 Å². The van der Waals surface area contributed by atoms with Crippen LogP contribution in [0.1, 0.15) is 24.4 Å². The molecule has 0 spiro atoms. The van der Waals surface area contributed by atoms with E-state index in [0.717, 1.165) is 51.1 Å². The number of nitrogens with one attached hydrogen (secondary N) is 1. The average molecular weight is 233 g/mol. The fraction of sp³-hybridized carbons (Fsp3) is 0.615. The molecule has 0 atom stereocenters. The van der Waals surface area contributed by atoms with Gasteiger partial charge < -0.3 is 9.88 Å². The quantitative estimate of drug-likeness (QED) is 0.830. The van der Waals surface area contributed by atoms with Crippen LogP contribution in [0.3, 0.4) is 0 Å². The highest BCUT2D eigenvalue weighted by Gasteiger charge is 2.25. The van der Waals surface area contributed by atoms with Crippen molar-refractivity contribution in [3.63, 3.8) is 0 Å². The van der Waals surface area contributed by atoms with E-state index in [1.807, 2.05) is 22.9 Å². The van der Waals surface area contributed by atoms with Crippen LogP contribution in [0, 0.1) is 0 Å². The molecule has 1 saturated carbocycles. The van der Waals surface area contributed by atoms with Crippen molar-refractivity contribution in [2.24, 2.45) is 0 Å². The number of rotatable bonds is 3. The van der Waals surface area contributed by atoms with E-state index < -0.39 is 0 Å². The fourth-order valence-corrected chi connectivity index (χ4v) is 2.43. The molecule has 0 aromatic carbocycles. The lowest BCUT2D eigenvalue weighted by molar-refractivity contribution is 0.232. The van der Waals surface area contributed by atoms with Crippen LogP contribution in [0.25, 0.3) is 0 Å². The van der Waals surface area contributed by atoms with Crippen molar-refractivity contribution in [1.82, 2.24) is 14.8 Å². The van der Waals surface area contributed by atoms with E-state index >= 15 is 0 Å². The first kappa shape index (κ1) is 11.0. The van der Waals surface area contributed by atoms with Gasteiger partial charge in [-0.2, -0.15) is 0 Å². The van der Waals surface area contributed by atoms with Gasteiger partial charge >= 0.3 is 0 Å². The van der Waals surface area contributed by atoms with Crippen LogP contribution < -0.4 is 10.9 Å². The van der Waals surface area contributed by atoms with Crippen molar-refractivity contribution in [1.29, 1.82) is 0 Å². The Bertz CT molecular complexity index is 444. The molecule has 2 heterocycles. The topological polar surface area (TPSA) is 37.3 Å². The summed E-state index contributed by atoms with van der Waals surface area (Å²) in [5.74, 6) is 0. The van der Waals surface area contributed by atoms with Crippen molar-refractivity contribution in [2.45, 2.75) is 25.4 Å². The van der Waals surface area contributed by atoms with Crippen LogP contribution in [0.2, 0.25) is 0 Å². The number of hydrogen-bond donors (Lipinski definition) is 1. The first-order valence-corrected chi connectivity index (χ1v) is 6.48. The van der Waals surface area contributed by atoms with Crippen LogP contribution in [-0.4, -0.2) is 35.6 Å². The molecule has 4 nitrogen and oxygen atoms in total. The summed E-state index contributed by atoms with van der Waals surface area (Å²) in [5.41, 5.74) is 1.16. The zero-order valence-electron chi connectivity index (χ0n) is 10.1. The van der Waals surface area contributed by atoms with Crippen molar-refractivity contribution < 1.29 is 0 Å². The normalized spacial score (nSPS) is 21.6. The summed E-state index contributed by atoms with van der Waals surface area (Å²) in [5, 5.41) is 3.33. The third-order valence-corrected chi connectivity index (χ3v) is 3.60. The largest absolute Gasteiger partial charge is 0.314 e. The molecule has 1 aromatic heterocycles. The van der Waals surface area contributed by atoms with Crippen LogP contribution in [0.5, 0.6) is 0 Å². The summed E-state index contributed by atoms with van der Waals surface area (Å²) >= 11 is 0. The maximum Gasteiger partial charge on any atom is 0.255 e. The highest BCUT2D eigenvalue weighted by atomic mass is 16.1. The van der Waals surface area contributed by atoms with Gasteiger partial charge in [0.1, 0.15) is 0 Å². The Morgan fingerprint density at radius 3 is 2.76 bits per heavy atom.